The monoisotopic (exact) mass is 289 g/mol. The number of nitrogens with zero attached hydrogens (tertiary/aromatic N) is 1. The number of carbonyl (C=O) groups excluding carboxylic acids is 1. The van der Waals surface area contributed by atoms with E-state index in [1.54, 1.807) is 0 Å². The highest BCUT2D eigenvalue weighted by molar-refractivity contribution is 6.06. The normalized spacial score (nSPS) is 10.8. The molecule has 2 aromatic rings. The number of benzene rings is 2. The highest BCUT2D eigenvalue weighted by Gasteiger charge is 2.08. The van der Waals surface area contributed by atoms with Gasteiger partial charge in [-0.05, 0) is 30.4 Å². The van der Waals surface area contributed by atoms with E-state index in [-0.39, 0.29) is 16.8 Å². The average molecular weight is 289 g/mol. The lowest BCUT2D eigenvalue weighted by Crippen LogP contribution is -1.95. The fourth-order valence-corrected chi connectivity index (χ4v) is 1.66. The Morgan fingerprint density at radius 3 is 2.38 bits per heavy atom. The van der Waals surface area contributed by atoms with Crippen LogP contribution in [-0.2, 0) is 0 Å². The Morgan fingerprint density at radius 2 is 1.76 bits per heavy atom. The molecule has 0 radical (unpaired) electrons. The van der Waals surface area contributed by atoms with Crippen LogP contribution in [0, 0.1) is 21.7 Å². The molecule has 0 unspecified atom stereocenters. The van der Waals surface area contributed by atoms with Crippen molar-refractivity contribution < 1.29 is 18.5 Å². The number of non-ortho nitro benzene ring substituents is 1. The summed E-state index contributed by atoms with van der Waals surface area (Å²) < 4.78 is 26.4. The van der Waals surface area contributed by atoms with Crippen molar-refractivity contribution in [2.75, 3.05) is 0 Å². The van der Waals surface area contributed by atoms with E-state index in [9.17, 15) is 23.7 Å². The third-order valence-electron chi connectivity index (χ3n) is 2.76. The lowest BCUT2D eigenvalue weighted by molar-refractivity contribution is -0.384. The molecule has 0 N–H and O–H groups in total. The molecule has 0 amide bonds. The predicted octanol–water partition coefficient (Wildman–Crippen LogP) is 3.77. The van der Waals surface area contributed by atoms with Gasteiger partial charge in [0.05, 0.1) is 4.92 Å². The summed E-state index contributed by atoms with van der Waals surface area (Å²) in [7, 11) is 0. The molecule has 0 saturated heterocycles. The fourth-order valence-electron chi connectivity index (χ4n) is 1.66. The van der Waals surface area contributed by atoms with Crippen LogP contribution in [0.2, 0.25) is 0 Å². The van der Waals surface area contributed by atoms with E-state index in [0.29, 0.717) is 0 Å². The number of carbonyl (C=O) groups is 1. The SMILES string of the molecule is O=C(/C=C/c1cccc(F)c1F)c1ccc([N+](=O)[O-])cc1. The van der Waals surface area contributed by atoms with Crippen molar-refractivity contribution >= 4 is 17.5 Å². The molecule has 4 nitrogen and oxygen atoms in total. The van der Waals surface area contributed by atoms with Crippen LogP contribution in [0.25, 0.3) is 6.08 Å². The number of nitro benzene ring substituents is 1. The molecule has 0 heterocycles. The number of hydrogen-bond donors (Lipinski definition) is 0. The van der Waals surface area contributed by atoms with Gasteiger partial charge < -0.3 is 0 Å². The fraction of sp³-hybridized carbons (Fsp3) is 0. The van der Waals surface area contributed by atoms with Gasteiger partial charge in [-0.25, -0.2) is 8.78 Å². The summed E-state index contributed by atoms with van der Waals surface area (Å²) >= 11 is 0. The second kappa shape index (κ2) is 6.04. The first-order valence-corrected chi connectivity index (χ1v) is 5.90. The molecular weight excluding hydrogens is 280 g/mol. The first-order chi connectivity index (χ1) is 9.99. The van der Waals surface area contributed by atoms with Gasteiger partial charge in [-0.2, -0.15) is 0 Å². The first kappa shape index (κ1) is 14.5. The van der Waals surface area contributed by atoms with Crippen LogP contribution in [0.15, 0.2) is 48.5 Å². The summed E-state index contributed by atoms with van der Waals surface area (Å²) in [6, 6.07) is 8.63. The molecule has 0 saturated carbocycles. The van der Waals surface area contributed by atoms with Crippen LogP contribution in [0.5, 0.6) is 0 Å². The minimum atomic E-state index is -1.04. The molecule has 0 aliphatic heterocycles. The van der Waals surface area contributed by atoms with Gasteiger partial charge in [0, 0.05) is 23.3 Å². The van der Waals surface area contributed by atoms with E-state index in [0.717, 1.165) is 18.2 Å². The Morgan fingerprint density at radius 1 is 1.10 bits per heavy atom. The predicted molar refractivity (Wildman–Crippen MR) is 72.8 cm³/mol. The van der Waals surface area contributed by atoms with Crippen molar-refractivity contribution in [3.05, 3.63) is 81.4 Å². The minimum absolute atomic E-state index is 0.0507. The molecule has 21 heavy (non-hydrogen) atoms. The number of halogens is 2. The Bertz CT molecular complexity index is 724. The molecule has 2 aromatic carbocycles. The van der Waals surface area contributed by atoms with Gasteiger partial charge in [0.2, 0.25) is 0 Å². The Labute approximate surface area is 118 Å². The highest BCUT2D eigenvalue weighted by Crippen LogP contribution is 2.15. The topological polar surface area (TPSA) is 60.2 Å². The van der Waals surface area contributed by atoms with Crippen LogP contribution >= 0.6 is 0 Å². The zero-order valence-electron chi connectivity index (χ0n) is 10.6. The molecular formula is C15H9F2NO3. The zero-order valence-corrected chi connectivity index (χ0v) is 10.6. The van der Waals surface area contributed by atoms with Crippen LogP contribution < -0.4 is 0 Å². The van der Waals surface area contributed by atoms with E-state index in [1.165, 1.54) is 36.4 Å². The number of ketones is 1. The smallest absolute Gasteiger partial charge is 0.269 e. The van der Waals surface area contributed by atoms with E-state index >= 15 is 0 Å². The van der Waals surface area contributed by atoms with Crippen molar-refractivity contribution in [2.24, 2.45) is 0 Å². The third-order valence-corrected chi connectivity index (χ3v) is 2.76. The van der Waals surface area contributed by atoms with E-state index in [4.69, 9.17) is 0 Å². The van der Waals surface area contributed by atoms with Gasteiger partial charge in [0.25, 0.3) is 5.69 Å². The molecule has 106 valence electrons. The molecule has 6 heteroatoms. The number of nitro groups is 1. The van der Waals surface area contributed by atoms with Crippen LogP contribution in [0.1, 0.15) is 15.9 Å². The van der Waals surface area contributed by atoms with Crippen LogP contribution in [0.4, 0.5) is 14.5 Å². The third kappa shape index (κ3) is 3.36. The molecule has 0 aliphatic carbocycles. The Balaban J connectivity index is 2.19. The lowest BCUT2D eigenvalue weighted by atomic mass is 10.1. The molecule has 2 rings (SSSR count). The molecule has 0 fully saturated rings. The van der Waals surface area contributed by atoms with Crippen LogP contribution in [0.3, 0.4) is 0 Å². The molecule has 0 aliphatic rings. The second-order valence-corrected chi connectivity index (χ2v) is 4.14. The van der Waals surface area contributed by atoms with Gasteiger partial charge in [0.15, 0.2) is 17.4 Å². The maximum absolute atomic E-state index is 13.4. The van der Waals surface area contributed by atoms with Crippen molar-refractivity contribution in [3.63, 3.8) is 0 Å². The van der Waals surface area contributed by atoms with Crippen molar-refractivity contribution in [2.45, 2.75) is 0 Å². The standard InChI is InChI=1S/C15H9F2NO3/c16-13-3-1-2-11(15(13)17)6-9-14(19)10-4-7-12(8-5-10)18(20)21/h1-9H/b9-6+. The zero-order chi connectivity index (χ0) is 15.4. The number of hydrogen-bond acceptors (Lipinski definition) is 3. The Kier molecular flexibility index (Phi) is 4.18. The molecule has 0 spiro atoms. The molecule has 0 atom stereocenters. The minimum Gasteiger partial charge on any atom is -0.289 e. The van der Waals surface area contributed by atoms with E-state index < -0.39 is 22.3 Å². The van der Waals surface area contributed by atoms with Crippen molar-refractivity contribution in [1.29, 1.82) is 0 Å². The average Bonchev–Trinajstić information content (AvgIpc) is 2.48. The van der Waals surface area contributed by atoms with E-state index in [2.05, 4.69) is 0 Å². The maximum Gasteiger partial charge on any atom is 0.269 e. The maximum atomic E-state index is 13.4. The highest BCUT2D eigenvalue weighted by atomic mass is 19.2. The number of rotatable bonds is 4. The lowest BCUT2D eigenvalue weighted by Gasteiger charge is -1.98. The van der Waals surface area contributed by atoms with Gasteiger partial charge in [-0.3, -0.25) is 14.9 Å². The molecule has 0 bridgehead atoms. The van der Waals surface area contributed by atoms with Gasteiger partial charge in [-0.15, -0.1) is 0 Å². The largest absolute Gasteiger partial charge is 0.289 e. The summed E-state index contributed by atoms with van der Waals surface area (Å²) in [4.78, 5) is 21.7. The van der Waals surface area contributed by atoms with Gasteiger partial charge >= 0.3 is 0 Å². The van der Waals surface area contributed by atoms with Crippen molar-refractivity contribution in [1.82, 2.24) is 0 Å². The van der Waals surface area contributed by atoms with Crippen LogP contribution in [-0.4, -0.2) is 10.7 Å². The number of allylic oxidation sites excluding steroid dienone is 1. The summed E-state index contributed by atoms with van der Waals surface area (Å²) in [5, 5.41) is 10.5. The summed E-state index contributed by atoms with van der Waals surface area (Å²) in [5.74, 6) is -2.50. The summed E-state index contributed by atoms with van der Waals surface area (Å²) in [5.41, 5.74) is 0.0330. The second-order valence-electron chi connectivity index (χ2n) is 4.14. The van der Waals surface area contributed by atoms with E-state index in [1.807, 2.05) is 0 Å². The van der Waals surface area contributed by atoms with Gasteiger partial charge in [-0.1, -0.05) is 12.1 Å². The van der Waals surface area contributed by atoms with Gasteiger partial charge in [0.1, 0.15) is 0 Å². The van der Waals surface area contributed by atoms with Crippen molar-refractivity contribution in [3.8, 4) is 0 Å². The first-order valence-electron chi connectivity index (χ1n) is 5.90. The summed E-state index contributed by atoms with van der Waals surface area (Å²) in [6.45, 7) is 0. The molecule has 0 aromatic heterocycles. The summed E-state index contributed by atoms with van der Waals surface area (Å²) in [6.07, 6.45) is 2.24. The Hall–Kier alpha value is -2.89. The quantitative estimate of drug-likeness (QED) is 0.372.